The molecule has 1 unspecified atom stereocenters. The molecule has 0 fully saturated rings. The van der Waals surface area contributed by atoms with Crippen molar-refractivity contribution in [2.45, 2.75) is 38.0 Å². The van der Waals surface area contributed by atoms with Crippen LogP contribution in [0.25, 0.3) is 0 Å². The number of anilines is 2. The number of fused-ring (bicyclic) bond motifs is 1. The van der Waals surface area contributed by atoms with Gasteiger partial charge < -0.3 is 15.4 Å². The summed E-state index contributed by atoms with van der Waals surface area (Å²) in [5.74, 6) is -0.346. The van der Waals surface area contributed by atoms with Gasteiger partial charge in [-0.15, -0.1) is 0 Å². The Morgan fingerprint density at radius 2 is 1.91 bits per heavy atom. The summed E-state index contributed by atoms with van der Waals surface area (Å²) in [7, 11) is -2.22. The highest BCUT2D eigenvalue weighted by atomic mass is 32.2. The number of methoxy groups -OCH3 is 1. The second-order valence-corrected chi connectivity index (χ2v) is 9.52. The Morgan fingerprint density at radius 3 is 2.59 bits per heavy atom. The Bertz CT molecular complexity index is 1100. The highest BCUT2D eigenvalue weighted by Gasteiger charge is 2.27. The van der Waals surface area contributed by atoms with Crippen LogP contribution in [0.15, 0.2) is 47.4 Å². The number of nitrogens with one attached hydrogen (secondary N) is 2. The number of benzene rings is 2. The standard InChI is InChI=1S/C23H29N3O5S/c1-4-26(5-2)32(29,30)18-11-12-21(31-3)20(15-18)24-22(27)13-10-17-14-16-8-6-7-9-19(16)25-23(17)28/h6-9,11-12,15,17H,4-5,10,13-14H2,1-3H3,(H,24,27)(H,25,28). The second kappa shape index (κ2) is 10.1. The predicted molar refractivity (Wildman–Crippen MR) is 123 cm³/mol. The van der Waals surface area contributed by atoms with Crippen LogP contribution in [-0.2, 0) is 26.0 Å². The predicted octanol–water partition coefficient (Wildman–Crippen LogP) is 3.26. The summed E-state index contributed by atoms with van der Waals surface area (Å²) in [6, 6.07) is 12.0. The van der Waals surface area contributed by atoms with Gasteiger partial charge in [-0.2, -0.15) is 4.31 Å². The van der Waals surface area contributed by atoms with Gasteiger partial charge in [0.15, 0.2) is 0 Å². The van der Waals surface area contributed by atoms with E-state index >= 15 is 0 Å². The molecule has 2 amide bonds. The van der Waals surface area contributed by atoms with Crippen LogP contribution >= 0.6 is 0 Å². The summed E-state index contributed by atoms with van der Waals surface area (Å²) in [6.45, 7) is 4.23. The average Bonchev–Trinajstić information content (AvgIpc) is 2.78. The molecule has 0 spiro atoms. The molecule has 0 aliphatic carbocycles. The average molecular weight is 460 g/mol. The van der Waals surface area contributed by atoms with Gasteiger partial charge in [-0.1, -0.05) is 32.0 Å². The lowest BCUT2D eigenvalue weighted by molar-refractivity contribution is -0.121. The smallest absolute Gasteiger partial charge is 0.243 e. The number of hydrogen-bond acceptors (Lipinski definition) is 5. The molecule has 1 aliphatic heterocycles. The lowest BCUT2D eigenvalue weighted by atomic mass is 9.89. The molecule has 2 aromatic carbocycles. The summed E-state index contributed by atoms with van der Waals surface area (Å²) in [5.41, 5.74) is 2.15. The van der Waals surface area contributed by atoms with Gasteiger partial charge in [0.2, 0.25) is 21.8 Å². The van der Waals surface area contributed by atoms with Crippen molar-refractivity contribution in [1.82, 2.24) is 4.31 Å². The van der Waals surface area contributed by atoms with E-state index in [-0.39, 0.29) is 34.7 Å². The minimum Gasteiger partial charge on any atom is -0.495 e. The molecule has 0 aromatic heterocycles. The molecular formula is C23H29N3O5S. The summed E-state index contributed by atoms with van der Waals surface area (Å²) in [4.78, 5) is 25.1. The van der Waals surface area contributed by atoms with Gasteiger partial charge in [-0.3, -0.25) is 9.59 Å². The first-order valence-corrected chi connectivity index (χ1v) is 12.1. The molecule has 2 aromatic rings. The molecule has 2 N–H and O–H groups in total. The van der Waals surface area contributed by atoms with Crippen molar-refractivity contribution in [2.24, 2.45) is 5.92 Å². The minimum atomic E-state index is -3.68. The third-order valence-corrected chi connectivity index (χ3v) is 7.67. The number of nitrogens with zero attached hydrogens (tertiary/aromatic N) is 1. The fourth-order valence-electron chi connectivity index (χ4n) is 3.82. The van der Waals surface area contributed by atoms with Crippen LogP contribution in [0.3, 0.4) is 0 Å². The summed E-state index contributed by atoms with van der Waals surface area (Å²) in [6.07, 6.45) is 1.08. The van der Waals surface area contributed by atoms with E-state index in [4.69, 9.17) is 4.74 Å². The van der Waals surface area contributed by atoms with E-state index in [1.165, 1.54) is 29.6 Å². The lowest BCUT2D eigenvalue weighted by Gasteiger charge is -2.24. The first kappa shape index (κ1) is 23.7. The van der Waals surface area contributed by atoms with E-state index < -0.39 is 10.0 Å². The number of rotatable bonds is 9. The molecular weight excluding hydrogens is 430 g/mol. The van der Waals surface area contributed by atoms with Gasteiger partial charge in [0, 0.05) is 31.1 Å². The highest BCUT2D eigenvalue weighted by Crippen LogP contribution is 2.30. The second-order valence-electron chi connectivity index (χ2n) is 7.59. The zero-order valence-electron chi connectivity index (χ0n) is 18.6. The molecule has 1 atom stereocenters. The number of amides is 2. The van der Waals surface area contributed by atoms with Crippen LogP contribution in [0.1, 0.15) is 32.3 Å². The molecule has 8 nitrogen and oxygen atoms in total. The molecule has 1 heterocycles. The maximum Gasteiger partial charge on any atom is 0.243 e. The molecule has 3 rings (SSSR count). The Labute approximate surface area is 189 Å². The Hall–Kier alpha value is -2.91. The van der Waals surface area contributed by atoms with Crippen LogP contribution in [0.4, 0.5) is 11.4 Å². The van der Waals surface area contributed by atoms with E-state index in [0.717, 1.165) is 11.3 Å². The van der Waals surface area contributed by atoms with Gasteiger partial charge in [-0.25, -0.2) is 8.42 Å². The largest absolute Gasteiger partial charge is 0.495 e. The molecule has 0 radical (unpaired) electrons. The van der Waals surface area contributed by atoms with E-state index in [1.54, 1.807) is 13.8 Å². The van der Waals surface area contributed by atoms with Gasteiger partial charge >= 0.3 is 0 Å². The Kier molecular flexibility index (Phi) is 7.52. The first-order valence-electron chi connectivity index (χ1n) is 10.7. The van der Waals surface area contributed by atoms with Crippen LogP contribution in [0.2, 0.25) is 0 Å². The molecule has 9 heteroatoms. The summed E-state index contributed by atoms with van der Waals surface area (Å²) >= 11 is 0. The van der Waals surface area contributed by atoms with Crippen molar-refractivity contribution in [3.8, 4) is 5.75 Å². The van der Waals surface area contributed by atoms with Gasteiger partial charge in [0.05, 0.1) is 17.7 Å². The van der Waals surface area contributed by atoms with Crippen molar-refractivity contribution < 1.29 is 22.7 Å². The molecule has 0 bridgehead atoms. The van der Waals surface area contributed by atoms with Gasteiger partial charge in [0.1, 0.15) is 5.75 Å². The van der Waals surface area contributed by atoms with Crippen molar-refractivity contribution >= 4 is 33.2 Å². The Balaban J connectivity index is 1.70. The first-order chi connectivity index (χ1) is 15.3. The van der Waals surface area contributed by atoms with Crippen LogP contribution < -0.4 is 15.4 Å². The maximum absolute atomic E-state index is 12.8. The monoisotopic (exact) mass is 459 g/mol. The summed E-state index contributed by atoms with van der Waals surface area (Å²) in [5, 5.41) is 5.63. The molecule has 0 saturated carbocycles. The third kappa shape index (κ3) is 5.11. The molecule has 1 aliphatic rings. The SMILES string of the molecule is CCN(CC)S(=O)(=O)c1ccc(OC)c(NC(=O)CCC2Cc3ccccc3NC2=O)c1. The zero-order valence-corrected chi connectivity index (χ0v) is 19.4. The number of para-hydroxylation sites is 1. The lowest BCUT2D eigenvalue weighted by Crippen LogP contribution is -2.31. The molecule has 0 saturated heterocycles. The van der Waals surface area contributed by atoms with Crippen molar-refractivity contribution in [1.29, 1.82) is 0 Å². The molecule has 172 valence electrons. The van der Waals surface area contributed by atoms with E-state index in [1.807, 2.05) is 24.3 Å². The van der Waals surface area contributed by atoms with Crippen LogP contribution in [-0.4, -0.2) is 44.7 Å². The molecule has 32 heavy (non-hydrogen) atoms. The van der Waals surface area contributed by atoms with E-state index in [9.17, 15) is 18.0 Å². The summed E-state index contributed by atoms with van der Waals surface area (Å²) < 4.78 is 32.3. The van der Waals surface area contributed by atoms with Crippen molar-refractivity contribution in [3.05, 3.63) is 48.0 Å². The number of carbonyl (C=O) groups excluding carboxylic acids is 2. The van der Waals surface area contributed by atoms with Crippen molar-refractivity contribution in [2.75, 3.05) is 30.8 Å². The topological polar surface area (TPSA) is 105 Å². The highest BCUT2D eigenvalue weighted by molar-refractivity contribution is 7.89. The van der Waals surface area contributed by atoms with Crippen LogP contribution in [0.5, 0.6) is 5.75 Å². The minimum absolute atomic E-state index is 0.0839. The quantitative estimate of drug-likeness (QED) is 0.599. The third-order valence-electron chi connectivity index (χ3n) is 5.62. The van der Waals surface area contributed by atoms with Gasteiger partial charge in [0.25, 0.3) is 0 Å². The number of ether oxygens (including phenoxy) is 1. The van der Waals surface area contributed by atoms with E-state index in [0.29, 0.717) is 31.7 Å². The fraction of sp³-hybridized carbons (Fsp3) is 0.391. The number of hydrogen-bond donors (Lipinski definition) is 2. The van der Waals surface area contributed by atoms with Gasteiger partial charge in [-0.05, 0) is 42.7 Å². The number of carbonyl (C=O) groups is 2. The fourth-order valence-corrected chi connectivity index (χ4v) is 5.31. The normalized spacial score (nSPS) is 15.8. The maximum atomic E-state index is 12.8. The Morgan fingerprint density at radius 1 is 1.19 bits per heavy atom. The van der Waals surface area contributed by atoms with Crippen LogP contribution in [0, 0.1) is 5.92 Å². The van der Waals surface area contributed by atoms with Crippen molar-refractivity contribution in [3.63, 3.8) is 0 Å². The van der Waals surface area contributed by atoms with E-state index in [2.05, 4.69) is 10.6 Å². The zero-order chi connectivity index (χ0) is 23.3. The number of sulfonamides is 1.